The molecule has 0 aromatic rings. The van der Waals surface area contributed by atoms with Gasteiger partial charge in [0, 0.05) is 13.1 Å². The molecule has 0 radical (unpaired) electrons. The van der Waals surface area contributed by atoms with E-state index in [0.717, 1.165) is 44.9 Å². The lowest BCUT2D eigenvalue weighted by atomic mass is 9.71. The normalized spacial score (nSPS) is 24.9. The highest BCUT2D eigenvalue weighted by Crippen LogP contribution is 2.40. The smallest absolute Gasteiger partial charge is 0.315 e. The lowest BCUT2D eigenvalue weighted by Gasteiger charge is -2.49. The summed E-state index contributed by atoms with van der Waals surface area (Å²) in [6.07, 6.45) is 10.8. The molecule has 2 unspecified atom stereocenters. The predicted octanol–water partition coefficient (Wildman–Crippen LogP) is 4.18. The Bertz CT molecular complexity index is 1420. The quantitative estimate of drug-likeness (QED) is 0.153. The molecule has 4 atom stereocenters. The molecule has 1 heterocycles. The first kappa shape index (κ1) is 40.8. The summed E-state index contributed by atoms with van der Waals surface area (Å²) in [5.74, 6) is -2.31. The van der Waals surface area contributed by atoms with Crippen LogP contribution in [0.15, 0.2) is 12.7 Å². The van der Waals surface area contributed by atoms with Gasteiger partial charge in [0.05, 0.1) is 22.6 Å². The van der Waals surface area contributed by atoms with E-state index >= 15 is 0 Å². The summed E-state index contributed by atoms with van der Waals surface area (Å²) in [4.78, 5) is 70.0. The van der Waals surface area contributed by atoms with Crippen LogP contribution in [0.5, 0.6) is 0 Å². The van der Waals surface area contributed by atoms with Crippen molar-refractivity contribution in [2.75, 3.05) is 18.8 Å². The van der Waals surface area contributed by atoms with Gasteiger partial charge in [0.1, 0.15) is 12.1 Å². The zero-order valence-electron chi connectivity index (χ0n) is 31.8. The molecule has 1 aliphatic heterocycles. The van der Waals surface area contributed by atoms with Crippen LogP contribution in [-0.2, 0) is 29.0 Å². The predicted molar refractivity (Wildman–Crippen MR) is 197 cm³/mol. The van der Waals surface area contributed by atoms with E-state index in [4.69, 9.17) is 0 Å². The lowest BCUT2D eigenvalue weighted by molar-refractivity contribution is -0.151. The maximum Gasteiger partial charge on any atom is 0.315 e. The molecule has 0 spiro atoms. The topological polar surface area (TPSA) is 171 Å². The molecule has 3 saturated carbocycles. The maximum atomic E-state index is 14.6. The van der Waals surface area contributed by atoms with Gasteiger partial charge in [-0.25, -0.2) is 13.2 Å². The third-order valence-electron chi connectivity index (χ3n) is 11.9. The first-order valence-corrected chi connectivity index (χ1v) is 20.8. The maximum absolute atomic E-state index is 14.6. The minimum Gasteiger partial charge on any atom is -0.346 e. The molecule has 51 heavy (non-hydrogen) atoms. The van der Waals surface area contributed by atoms with Crippen molar-refractivity contribution in [2.45, 2.75) is 154 Å². The van der Waals surface area contributed by atoms with E-state index < -0.39 is 68.5 Å². The average molecular weight is 734 g/mol. The van der Waals surface area contributed by atoms with Crippen LogP contribution in [-0.4, -0.2) is 90.6 Å². The number of carbonyl (C=O) groups is 5. The Balaban J connectivity index is 1.56. The second kappa shape index (κ2) is 16.4. The van der Waals surface area contributed by atoms with Crippen molar-refractivity contribution in [1.29, 1.82) is 0 Å². The molecule has 4 aliphatic rings. The standard InChI is InChI=1S/C38H63N5O7S/c1-8-20-39-33(46)30(44)28(21-26-16-17-26)40-32(45)29-22-37(6,7)25(2)23-43(29)34(47)31(36(3,4)5)41-35(48)42-38(18-12-9-13-19-38)24-51(49,50)27-14-10-11-15-27/h8,25-29,31H,1,9-24H2,2-7H3,(H,39,46)(H,40,45)(H2,41,42,48)/t25?,28?,29-,31+/m0/s1. The fourth-order valence-corrected chi connectivity index (χ4v) is 10.5. The molecule has 3 aliphatic carbocycles. The number of hydrogen-bond acceptors (Lipinski definition) is 7. The number of nitrogens with one attached hydrogen (secondary N) is 4. The van der Waals surface area contributed by atoms with Crippen molar-refractivity contribution in [2.24, 2.45) is 22.7 Å². The summed E-state index contributed by atoms with van der Waals surface area (Å²) in [6.45, 7) is 15.6. The van der Waals surface area contributed by atoms with Gasteiger partial charge >= 0.3 is 6.03 Å². The SMILES string of the molecule is C=CCNC(=O)C(=O)C(CC1CC1)NC(=O)[C@@H]1CC(C)(C)C(C)CN1C(=O)[C@@H](NC(=O)NC1(CS(=O)(=O)C2CCCC2)CCCCC1)C(C)(C)C. The third kappa shape index (κ3) is 10.6. The molecule has 13 heteroatoms. The summed E-state index contributed by atoms with van der Waals surface area (Å²) in [6, 6.07) is -3.60. The molecule has 1 saturated heterocycles. The Hall–Kier alpha value is -2.96. The summed E-state index contributed by atoms with van der Waals surface area (Å²) < 4.78 is 27.0. The van der Waals surface area contributed by atoms with Gasteiger partial charge in [-0.1, -0.05) is 92.6 Å². The van der Waals surface area contributed by atoms with E-state index in [1.807, 2.05) is 41.5 Å². The van der Waals surface area contributed by atoms with Crippen LogP contribution >= 0.6 is 0 Å². The molecule has 4 fully saturated rings. The summed E-state index contributed by atoms with van der Waals surface area (Å²) in [5.41, 5.74) is -2.01. The number of hydrogen-bond donors (Lipinski definition) is 4. The van der Waals surface area contributed by atoms with Crippen molar-refractivity contribution < 1.29 is 32.4 Å². The first-order chi connectivity index (χ1) is 23.8. The van der Waals surface area contributed by atoms with Crippen LogP contribution < -0.4 is 21.3 Å². The minimum absolute atomic E-state index is 0.0137. The molecule has 4 N–H and O–H groups in total. The summed E-state index contributed by atoms with van der Waals surface area (Å²) in [5, 5.41) is 11.0. The van der Waals surface area contributed by atoms with Crippen LogP contribution in [0.3, 0.4) is 0 Å². The third-order valence-corrected chi connectivity index (χ3v) is 14.3. The number of amides is 5. The number of urea groups is 1. The van der Waals surface area contributed by atoms with Gasteiger partial charge < -0.3 is 26.2 Å². The van der Waals surface area contributed by atoms with E-state index in [1.54, 1.807) is 0 Å². The lowest BCUT2D eigenvalue weighted by Crippen LogP contribution is -2.66. The molecule has 0 aromatic carbocycles. The highest BCUT2D eigenvalue weighted by molar-refractivity contribution is 7.92. The Morgan fingerprint density at radius 3 is 2.14 bits per heavy atom. The largest absolute Gasteiger partial charge is 0.346 e. The Kier molecular flexibility index (Phi) is 13.1. The Morgan fingerprint density at radius 1 is 0.941 bits per heavy atom. The monoisotopic (exact) mass is 733 g/mol. The van der Waals surface area contributed by atoms with Crippen molar-refractivity contribution in [3.05, 3.63) is 12.7 Å². The van der Waals surface area contributed by atoms with Crippen LogP contribution in [0.25, 0.3) is 0 Å². The first-order valence-electron chi connectivity index (χ1n) is 19.1. The Morgan fingerprint density at radius 2 is 1.57 bits per heavy atom. The van der Waals surface area contributed by atoms with Gasteiger partial charge in [-0.2, -0.15) is 0 Å². The van der Waals surface area contributed by atoms with Crippen molar-refractivity contribution in [3.63, 3.8) is 0 Å². The van der Waals surface area contributed by atoms with Gasteiger partial charge in [0.2, 0.25) is 17.6 Å². The van der Waals surface area contributed by atoms with Crippen molar-refractivity contribution in [3.8, 4) is 0 Å². The minimum atomic E-state index is -3.43. The number of ketones is 1. The number of rotatable bonds is 14. The van der Waals surface area contributed by atoms with Gasteiger partial charge in [-0.3, -0.25) is 19.2 Å². The second-order valence-corrected chi connectivity index (χ2v) is 19.9. The van der Waals surface area contributed by atoms with Gasteiger partial charge in [0.25, 0.3) is 5.91 Å². The number of likely N-dealkylation sites (tertiary alicyclic amines) is 1. The molecular formula is C38H63N5O7S. The van der Waals surface area contributed by atoms with E-state index in [1.165, 1.54) is 11.0 Å². The Labute approximate surface area is 305 Å². The van der Waals surface area contributed by atoms with Gasteiger partial charge in [-0.05, 0) is 61.2 Å². The highest BCUT2D eigenvalue weighted by Gasteiger charge is 2.49. The molecule has 0 bridgehead atoms. The highest BCUT2D eigenvalue weighted by atomic mass is 32.2. The van der Waals surface area contributed by atoms with E-state index in [9.17, 15) is 32.4 Å². The summed E-state index contributed by atoms with van der Waals surface area (Å²) in [7, 11) is -3.43. The van der Waals surface area contributed by atoms with Crippen molar-refractivity contribution >= 4 is 39.4 Å². The van der Waals surface area contributed by atoms with Crippen LogP contribution in [0.1, 0.15) is 125 Å². The summed E-state index contributed by atoms with van der Waals surface area (Å²) >= 11 is 0. The van der Waals surface area contributed by atoms with Crippen LogP contribution in [0.2, 0.25) is 0 Å². The number of sulfone groups is 1. The number of piperidine rings is 1. The molecular weight excluding hydrogens is 671 g/mol. The zero-order chi connectivity index (χ0) is 37.8. The van der Waals surface area contributed by atoms with Gasteiger partial charge in [0.15, 0.2) is 9.84 Å². The van der Waals surface area contributed by atoms with E-state index in [2.05, 4.69) is 27.8 Å². The van der Waals surface area contributed by atoms with Gasteiger partial charge in [-0.15, -0.1) is 6.58 Å². The zero-order valence-corrected chi connectivity index (χ0v) is 32.6. The molecule has 4 rings (SSSR count). The molecule has 0 aromatic heterocycles. The fraction of sp³-hybridized carbons (Fsp3) is 0.816. The average Bonchev–Trinajstić information content (AvgIpc) is 3.68. The van der Waals surface area contributed by atoms with Crippen LogP contribution in [0.4, 0.5) is 4.79 Å². The molecule has 288 valence electrons. The molecule has 12 nitrogen and oxygen atoms in total. The molecule has 5 amide bonds. The fourth-order valence-electron chi connectivity index (χ4n) is 8.06. The number of Topliss-reactive ketones (excluding diaryl/α,β-unsaturated/α-hetero) is 1. The van der Waals surface area contributed by atoms with Crippen molar-refractivity contribution in [1.82, 2.24) is 26.2 Å². The van der Waals surface area contributed by atoms with E-state index in [-0.39, 0.29) is 41.3 Å². The second-order valence-electron chi connectivity index (χ2n) is 17.7. The van der Waals surface area contributed by atoms with E-state index in [0.29, 0.717) is 38.5 Å². The number of nitrogens with zero attached hydrogens (tertiary/aromatic N) is 1. The number of carbonyl (C=O) groups excluding carboxylic acids is 5. The van der Waals surface area contributed by atoms with Crippen LogP contribution in [0, 0.1) is 22.7 Å².